The van der Waals surface area contributed by atoms with Gasteiger partial charge in [-0.2, -0.15) is 0 Å². The first-order valence-corrected chi connectivity index (χ1v) is 5.88. The van der Waals surface area contributed by atoms with E-state index in [-0.39, 0.29) is 6.04 Å². The van der Waals surface area contributed by atoms with E-state index in [1.807, 2.05) is 0 Å². The molecule has 1 aliphatic rings. The van der Waals surface area contributed by atoms with E-state index in [0.29, 0.717) is 11.7 Å². The van der Waals surface area contributed by atoms with E-state index < -0.39 is 0 Å². The number of ketones is 1. The van der Waals surface area contributed by atoms with Crippen LogP contribution in [-0.2, 0) is 4.79 Å². The zero-order valence-electron chi connectivity index (χ0n) is 9.75. The Morgan fingerprint density at radius 3 is 2.79 bits per heavy atom. The molecule has 0 aliphatic heterocycles. The Balaban J connectivity index is 2.41. The van der Waals surface area contributed by atoms with Crippen LogP contribution in [0, 0.1) is 5.92 Å². The predicted molar refractivity (Wildman–Crippen MR) is 59.3 cm³/mol. The second-order valence-electron chi connectivity index (χ2n) is 4.68. The van der Waals surface area contributed by atoms with Gasteiger partial charge >= 0.3 is 0 Å². The van der Waals surface area contributed by atoms with Crippen LogP contribution in [0.2, 0.25) is 0 Å². The Morgan fingerprint density at radius 2 is 2.21 bits per heavy atom. The molecule has 1 saturated carbocycles. The van der Waals surface area contributed by atoms with Crippen LogP contribution in [0.25, 0.3) is 0 Å². The summed E-state index contributed by atoms with van der Waals surface area (Å²) >= 11 is 0. The summed E-state index contributed by atoms with van der Waals surface area (Å²) in [6.45, 7) is 5.53. The van der Waals surface area contributed by atoms with Gasteiger partial charge < -0.3 is 0 Å². The van der Waals surface area contributed by atoms with Gasteiger partial charge in [0, 0.05) is 13.0 Å². The van der Waals surface area contributed by atoms with E-state index in [1.54, 1.807) is 0 Å². The minimum Gasteiger partial charge on any atom is -0.298 e. The van der Waals surface area contributed by atoms with Crippen LogP contribution in [0.1, 0.15) is 46.0 Å². The summed E-state index contributed by atoms with van der Waals surface area (Å²) < 4.78 is 0. The number of rotatable bonds is 4. The Bertz CT molecular complexity index is 191. The van der Waals surface area contributed by atoms with Gasteiger partial charge in [0.2, 0.25) is 0 Å². The monoisotopic (exact) mass is 197 g/mol. The molecule has 0 amide bonds. The van der Waals surface area contributed by atoms with E-state index in [4.69, 9.17) is 0 Å². The molecule has 1 aliphatic carbocycles. The summed E-state index contributed by atoms with van der Waals surface area (Å²) in [4.78, 5) is 13.9. The molecule has 0 heterocycles. The van der Waals surface area contributed by atoms with Crippen molar-refractivity contribution in [2.24, 2.45) is 5.92 Å². The molecular weight excluding hydrogens is 174 g/mol. The van der Waals surface area contributed by atoms with Crippen molar-refractivity contribution in [3.8, 4) is 0 Å². The lowest BCUT2D eigenvalue weighted by Crippen LogP contribution is -2.42. The van der Waals surface area contributed by atoms with Gasteiger partial charge in [-0.15, -0.1) is 0 Å². The normalized spacial score (nSPS) is 25.4. The molecule has 14 heavy (non-hydrogen) atoms. The minimum atomic E-state index is 0.220. The van der Waals surface area contributed by atoms with E-state index in [9.17, 15) is 4.79 Å². The van der Waals surface area contributed by atoms with Gasteiger partial charge in [-0.3, -0.25) is 9.69 Å². The van der Waals surface area contributed by atoms with Crippen molar-refractivity contribution >= 4 is 5.78 Å². The number of nitrogens with zero attached hydrogens (tertiary/aromatic N) is 1. The van der Waals surface area contributed by atoms with Crippen LogP contribution in [0.3, 0.4) is 0 Å². The van der Waals surface area contributed by atoms with E-state index in [2.05, 4.69) is 25.8 Å². The predicted octanol–water partition coefficient (Wildman–Crippen LogP) is 2.48. The molecule has 2 unspecified atom stereocenters. The molecule has 1 rings (SSSR count). The summed E-state index contributed by atoms with van der Waals surface area (Å²) in [5, 5.41) is 0. The molecular formula is C12H23NO. The van der Waals surface area contributed by atoms with Gasteiger partial charge in [0.1, 0.15) is 5.78 Å². The fourth-order valence-electron chi connectivity index (χ4n) is 2.18. The lowest BCUT2D eigenvalue weighted by atomic mass is 9.92. The smallest absolute Gasteiger partial charge is 0.149 e. The molecule has 2 atom stereocenters. The Labute approximate surface area is 87.7 Å². The van der Waals surface area contributed by atoms with Gasteiger partial charge in [-0.05, 0) is 25.8 Å². The van der Waals surface area contributed by atoms with E-state index in [0.717, 1.165) is 25.8 Å². The topological polar surface area (TPSA) is 20.3 Å². The number of carbonyl (C=O) groups excluding carboxylic acids is 1. The largest absolute Gasteiger partial charge is 0.298 e. The van der Waals surface area contributed by atoms with Crippen molar-refractivity contribution in [2.45, 2.75) is 52.0 Å². The van der Waals surface area contributed by atoms with Gasteiger partial charge in [0.15, 0.2) is 0 Å². The number of hydrogen-bond acceptors (Lipinski definition) is 2. The highest BCUT2D eigenvalue weighted by Crippen LogP contribution is 2.19. The highest BCUT2D eigenvalue weighted by molar-refractivity contribution is 5.84. The lowest BCUT2D eigenvalue weighted by molar-refractivity contribution is -0.125. The van der Waals surface area contributed by atoms with Crippen LogP contribution in [0.4, 0.5) is 0 Å². The van der Waals surface area contributed by atoms with Gasteiger partial charge in [-0.1, -0.05) is 26.7 Å². The van der Waals surface area contributed by atoms with Crippen molar-refractivity contribution in [3.63, 3.8) is 0 Å². The first-order valence-electron chi connectivity index (χ1n) is 5.88. The van der Waals surface area contributed by atoms with Crippen molar-refractivity contribution in [3.05, 3.63) is 0 Å². The molecule has 0 aromatic carbocycles. The lowest BCUT2D eigenvalue weighted by Gasteiger charge is -2.31. The molecule has 0 saturated heterocycles. The molecule has 2 heteroatoms. The second-order valence-corrected chi connectivity index (χ2v) is 4.68. The SMILES string of the molecule is CCC(C)CN(C)C1CCCCC1=O. The average Bonchev–Trinajstić information content (AvgIpc) is 2.18. The third kappa shape index (κ3) is 3.09. The maximum Gasteiger partial charge on any atom is 0.149 e. The Kier molecular flexibility index (Phi) is 4.59. The summed E-state index contributed by atoms with van der Waals surface area (Å²) in [7, 11) is 2.10. The maximum absolute atomic E-state index is 11.7. The van der Waals surface area contributed by atoms with Crippen molar-refractivity contribution in [2.75, 3.05) is 13.6 Å². The number of Topliss-reactive ketones (excluding diaryl/α,β-unsaturated/α-hetero) is 1. The van der Waals surface area contributed by atoms with Gasteiger partial charge in [-0.25, -0.2) is 0 Å². The minimum absolute atomic E-state index is 0.220. The molecule has 1 fully saturated rings. The van der Waals surface area contributed by atoms with Crippen molar-refractivity contribution in [1.29, 1.82) is 0 Å². The van der Waals surface area contributed by atoms with Gasteiger partial charge in [0.05, 0.1) is 6.04 Å². The zero-order chi connectivity index (χ0) is 10.6. The number of hydrogen-bond donors (Lipinski definition) is 0. The second kappa shape index (κ2) is 5.50. The molecule has 0 bridgehead atoms. The fourth-order valence-corrected chi connectivity index (χ4v) is 2.18. The van der Waals surface area contributed by atoms with E-state index >= 15 is 0 Å². The molecule has 82 valence electrons. The standard InChI is InChI=1S/C12H23NO/c1-4-10(2)9-13(3)11-7-5-6-8-12(11)14/h10-11H,4-9H2,1-3H3. The van der Waals surface area contributed by atoms with Crippen LogP contribution >= 0.6 is 0 Å². The number of likely N-dealkylation sites (N-methyl/N-ethyl adjacent to an activating group) is 1. The molecule has 0 N–H and O–H groups in total. The fraction of sp³-hybridized carbons (Fsp3) is 0.917. The summed E-state index contributed by atoms with van der Waals surface area (Å²) in [5.41, 5.74) is 0. The number of carbonyl (C=O) groups is 1. The third-order valence-corrected chi connectivity index (χ3v) is 3.35. The Hall–Kier alpha value is -0.370. The maximum atomic E-state index is 11.7. The molecule has 0 aromatic rings. The Morgan fingerprint density at radius 1 is 1.50 bits per heavy atom. The summed E-state index contributed by atoms with van der Waals surface area (Å²) in [5.74, 6) is 1.16. The third-order valence-electron chi connectivity index (χ3n) is 3.35. The first-order chi connectivity index (χ1) is 6.65. The van der Waals surface area contributed by atoms with E-state index in [1.165, 1.54) is 12.8 Å². The van der Waals surface area contributed by atoms with Crippen LogP contribution < -0.4 is 0 Å². The van der Waals surface area contributed by atoms with Gasteiger partial charge in [0.25, 0.3) is 0 Å². The molecule has 0 spiro atoms. The van der Waals surface area contributed by atoms with Crippen LogP contribution in [0.5, 0.6) is 0 Å². The highest BCUT2D eigenvalue weighted by Gasteiger charge is 2.26. The van der Waals surface area contributed by atoms with Crippen molar-refractivity contribution < 1.29 is 4.79 Å². The van der Waals surface area contributed by atoms with Crippen molar-refractivity contribution in [1.82, 2.24) is 4.90 Å². The van der Waals surface area contributed by atoms with Crippen LogP contribution in [0.15, 0.2) is 0 Å². The summed E-state index contributed by atoms with van der Waals surface area (Å²) in [6, 6.07) is 0.220. The molecule has 2 nitrogen and oxygen atoms in total. The summed E-state index contributed by atoms with van der Waals surface area (Å²) in [6.07, 6.45) is 5.40. The molecule has 0 aromatic heterocycles. The average molecular weight is 197 g/mol. The highest BCUT2D eigenvalue weighted by atomic mass is 16.1. The van der Waals surface area contributed by atoms with Crippen LogP contribution in [-0.4, -0.2) is 30.3 Å². The first kappa shape index (κ1) is 11.7. The quantitative estimate of drug-likeness (QED) is 0.690. The molecule has 0 radical (unpaired) electrons. The zero-order valence-corrected chi connectivity index (χ0v) is 9.75.